The van der Waals surface area contributed by atoms with Crippen LogP contribution < -0.4 is 10.3 Å². The second kappa shape index (κ2) is 2.34. The Bertz CT molecular complexity index is 264. The molecule has 0 unspecified atom stereocenters. The Morgan fingerprint density at radius 1 is 1.80 bits per heavy atom. The van der Waals surface area contributed by atoms with Gasteiger partial charge in [0.2, 0.25) is 0 Å². The van der Waals surface area contributed by atoms with E-state index in [1.807, 2.05) is 0 Å². The van der Waals surface area contributed by atoms with Crippen LogP contribution in [0.15, 0.2) is 25.3 Å². The first kappa shape index (κ1) is 6.54. The van der Waals surface area contributed by atoms with Crippen molar-refractivity contribution in [3.8, 4) is 0 Å². The zero-order chi connectivity index (χ0) is 7.56. The fourth-order valence-corrected chi connectivity index (χ4v) is 0.608. The lowest BCUT2D eigenvalue weighted by molar-refractivity contribution is -0.566. The lowest BCUT2D eigenvalue weighted by atomic mass is 10.8. The number of imidazole rings is 1. The molecule has 0 bridgehead atoms. The zero-order valence-corrected chi connectivity index (χ0v) is 5.40. The molecule has 2 N–H and O–H groups in total. The second-order valence-corrected chi connectivity index (χ2v) is 1.79. The summed E-state index contributed by atoms with van der Waals surface area (Å²) in [5.41, 5.74) is 4.96. The summed E-state index contributed by atoms with van der Waals surface area (Å²) in [4.78, 5) is 10.5. The minimum Gasteiger partial charge on any atom is -0.331 e. The van der Waals surface area contributed by atoms with Crippen LogP contribution in [0.25, 0.3) is 6.20 Å². The lowest BCUT2D eigenvalue weighted by Crippen LogP contribution is -2.24. The van der Waals surface area contributed by atoms with Crippen LogP contribution in [0.3, 0.4) is 0 Å². The molecule has 52 valence electrons. The molecule has 0 fully saturated rings. The SMILES string of the molecule is C=C[n+]1ccn(C(N)=O)c1. The summed E-state index contributed by atoms with van der Waals surface area (Å²) >= 11 is 0. The van der Waals surface area contributed by atoms with Crippen LogP contribution >= 0.6 is 0 Å². The molecule has 0 radical (unpaired) electrons. The molecule has 0 saturated carbocycles. The predicted octanol–water partition coefficient (Wildman–Crippen LogP) is -0.197. The fraction of sp³-hybridized carbons (Fsp3) is 0. The van der Waals surface area contributed by atoms with Crippen molar-refractivity contribution < 1.29 is 9.36 Å². The van der Waals surface area contributed by atoms with Crippen molar-refractivity contribution in [3.05, 3.63) is 25.3 Å². The van der Waals surface area contributed by atoms with Gasteiger partial charge in [-0.2, -0.15) is 4.57 Å². The molecule has 1 aromatic rings. The van der Waals surface area contributed by atoms with Gasteiger partial charge in [-0.25, -0.2) is 9.36 Å². The molecule has 4 nitrogen and oxygen atoms in total. The van der Waals surface area contributed by atoms with E-state index >= 15 is 0 Å². The van der Waals surface area contributed by atoms with E-state index in [4.69, 9.17) is 5.73 Å². The third-order valence-corrected chi connectivity index (χ3v) is 1.12. The van der Waals surface area contributed by atoms with Gasteiger partial charge in [0.25, 0.3) is 6.33 Å². The largest absolute Gasteiger partial charge is 0.410 e. The molecule has 0 spiro atoms. The molecule has 0 aromatic carbocycles. The van der Waals surface area contributed by atoms with Gasteiger partial charge < -0.3 is 5.73 Å². The first-order chi connectivity index (χ1) is 4.74. The molecule has 0 aliphatic heterocycles. The quantitative estimate of drug-likeness (QED) is 0.537. The molecule has 10 heavy (non-hydrogen) atoms. The van der Waals surface area contributed by atoms with Gasteiger partial charge in [0.15, 0.2) is 0 Å². The number of hydrogen-bond donors (Lipinski definition) is 1. The molecule has 0 aliphatic rings. The van der Waals surface area contributed by atoms with Gasteiger partial charge in [0.05, 0.1) is 6.20 Å². The predicted molar refractivity (Wildman–Crippen MR) is 36.0 cm³/mol. The van der Waals surface area contributed by atoms with E-state index in [2.05, 4.69) is 6.58 Å². The van der Waals surface area contributed by atoms with Crippen LogP contribution in [0.2, 0.25) is 0 Å². The smallest absolute Gasteiger partial charge is 0.331 e. The van der Waals surface area contributed by atoms with Crippen LogP contribution in [0, 0.1) is 0 Å². The van der Waals surface area contributed by atoms with E-state index < -0.39 is 6.03 Å². The monoisotopic (exact) mass is 138 g/mol. The number of nitrogens with zero attached hydrogens (tertiary/aromatic N) is 2. The summed E-state index contributed by atoms with van der Waals surface area (Å²) in [6, 6.07) is -0.499. The van der Waals surface area contributed by atoms with E-state index in [1.54, 1.807) is 23.2 Å². The van der Waals surface area contributed by atoms with Crippen molar-refractivity contribution >= 4 is 12.2 Å². The minimum atomic E-state index is -0.499. The van der Waals surface area contributed by atoms with E-state index in [9.17, 15) is 4.79 Å². The average molecular weight is 138 g/mol. The van der Waals surface area contributed by atoms with Gasteiger partial charge in [-0.1, -0.05) is 6.58 Å². The molecule has 0 saturated heterocycles. The van der Waals surface area contributed by atoms with Crippen molar-refractivity contribution in [2.45, 2.75) is 0 Å². The normalized spacial score (nSPS) is 9.20. The van der Waals surface area contributed by atoms with Crippen molar-refractivity contribution in [2.24, 2.45) is 5.73 Å². The summed E-state index contributed by atoms with van der Waals surface area (Å²) in [5, 5.41) is 0. The molecule has 0 aliphatic carbocycles. The number of aromatic nitrogens is 2. The number of amides is 1. The number of primary amides is 1. The van der Waals surface area contributed by atoms with Gasteiger partial charge in [-0.05, 0) is 0 Å². The maximum atomic E-state index is 10.5. The highest BCUT2D eigenvalue weighted by Gasteiger charge is 2.04. The highest BCUT2D eigenvalue weighted by molar-refractivity contribution is 5.73. The van der Waals surface area contributed by atoms with Crippen LogP contribution in [0.1, 0.15) is 0 Å². The molecule has 1 rings (SSSR count). The number of nitrogens with two attached hydrogens (primary N) is 1. The minimum absolute atomic E-state index is 0.499. The van der Waals surface area contributed by atoms with Gasteiger partial charge in [0, 0.05) is 0 Å². The third kappa shape index (κ3) is 1.05. The standard InChI is InChI=1S/C6H7N3O/c1-2-8-3-4-9(5-8)6(7)10/h2-5H,1H2,(H-,7,10)/p+1. The van der Waals surface area contributed by atoms with E-state index in [-0.39, 0.29) is 0 Å². The second-order valence-electron chi connectivity index (χ2n) is 1.79. The number of carbonyl (C=O) groups excluding carboxylic acids is 1. The van der Waals surface area contributed by atoms with E-state index in [0.717, 1.165) is 0 Å². The summed E-state index contributed by atoms with van der Waals surface area (Å²) in [7, 11) is 0. The average Bonchev–Trinajstić information content (AvgIpc) is 2.34. The molecule has 1 amide bonds. The molecular formula is C6H8N3O+. The molecular weight excluding hydrogens is 130 g/mol. The maximum absolute atomic E-state index is 10.5. The lowest BCUT2D eigenvalue weighted by Gasteiger charge is -1.80. The van der Waals surface area contributed by atoms with Crippen LogP contribution in [0.4, 0.5) is 4.79 Å². The van der Waals surface area contributed by atoms with Crippen molar-refractivity contribution in [3.63, 3.8) is 0 Å². The fourth-order valence-electron chi connectivity index (χ4n) is 0.608. The van der Waals surface area contributed by atoms with Gasteiger partial charge in [0.1, 0.15) is 12.4 Å². The van der Waals surface area contributed by atoms with Gasteiger partial charge in [-0.3, -0.25) is 0 Å². The summed E-state index contributed by atoms with van der Waals surface area (Å²) in [5.74, 6) is 0. The van der Waals surface area contributed by atoms with Crippen LogP contribution in [-0.4, -0.2) is 10.6 Å². The van der Waals surface area contributed by atoms with Gasteiger partial charge >= 0.3 is 6.03 Å². The Labute approximate surface area is 58.2 Å². The molecule has 1 heterocycles. The number of rotatable bonds is 1. The highest BCUT2D eigenvalue weighted by atomic mass is 16.2. The van der Waals surface area contributed by atoms with Crippen LogP contribution in [0.5, 0.6) is 0 Å². The summed E-state index contributed by atoms with van der Waals surface area (Å²) in [6.07, 6.45) is 6.34. The Balaban J connectivity index is 2.98. The van der Waals surface area contributed by atoms with E-state index in [1.165, 1.54) is 10.9 Å². The third-order valence-electron chi connectivity index (χ3n) is 1.12. The number of hydrogen-bond acceptors (Lipinski definition) is 1. The molecule has 4 heteroatoms. The van der Waals surface area contributed by atoms with Crippen molar-refractivity contribution in [1.82, 2.24) is 4.57 Å². The Morgan fingerprint density at radius 2 is 2.50 bits per heavy atom. The van der Waals surface area contributed by atoms with Gasteiger partial charge in [-0.15, -0.1) is 0 Å². The molecule has 0 atom stereocenters. The molecule has 1 aromatic heterocycles. The Morgan fingerprint density at radius 3 is 2.80 bits per heavy atom. The first-order valence-corrected chi connectivity index (χ1v) is 2.75. The Kier molecular flexibility index (Phi) is 1.53. The summed E-state index contributed by atoms with van der Waals surface area (Å²) < 4.78 is 2.90. The first-order valence-electron chi connectivity index (χ1n) is 2.75. The zero-order valence-electron chi connectivity index (χ0n) is 5.40. The van der Waals surface area contributed by atoms with Crippen molar-refractivity contribution in [1.29, 1.82) is 0 Å². The number of carbonyl (C=O) groups is 1. The highest BCUT2D eigenvalue weighted by Crippen LogP contribution is 1.80. The Hall–Kier alpha value is -1.58. The summed E-state index contributed by atoms with van der Waals surface area (Å²) in [6.45, 7) is 3.50. The topological polar surface area (TPSA) is 51.9 Å². The maximum Gasteiger partial charge on any atom is 0.410 e. The van der Waals surface area contributed by atoms with Crippen molar-refractivity contribution in [2.75, 3.05) is 0 Å². The van der Waals surface area contributed by atoms with E-state index in [0.29, 0.717) is 0 Å². The van der Waals surface area contributed by atoms with Crippen LogP contribution in [-0.2, 0) is 0 Å².